The van der Waals surface area contributed by atoms with Crippen LogP contribution in [0.25, 0.3) is 0 Å². The Hall–Kier alpha value is -2.34. The van der Waals surface area contributed by atoms with Gasteiger partial charge in [-0.05, 0) is 39.0 Å². The molecule has 0 bridgehead atoms. The SMILES string of the molecule is CC(C)(C)OC(=O)N(C1=C(Cl)C(=O)c2ccccc2C1=O)c1ccc(Cl)c(Cl)c1. The maximum atomic E-state index is 13.2. The van der Waals surface area contributed by atoms with Crippen molar-refractivity contribution in [3.63, 3.8) is 0 Å². The Morgan fingerprint density at radius 3 is 2.03 bits per heavy atom. The highest BCUT2D eigenvalue weighted by Gasteiger charge is 2.39. The second kappa shape index (κ2) is 7.82. The van der Waals surface area contributed by atoms with E-state index in [0.717, 1.165) is 4.90 Å². The summed E-state index contributed by atoms with van der Waals surface area (Å²) in [5.41, 5.74) is -0.668. The van der Waals surface area contributed by atoms with Gasteiger partial charge in [-0.15, -0.1) is 0 Å². The minimum absolute atomic E-state index is 0.144. The van der Waals surface area contributed by atoms with Crippen LogP contribution in [0, 0.1) is 0 Å². The van der Waals surface area contributed by atoms with Gasteiger partial charge in [-0.1, -0.05) is 59.1 Å². The van der Waals surface area contributed by atoms with Crippen LogP contribution in [0.4, 0.5) is 10.5 Å². The van der Waals surface area contributed by atoms with Crippen molar-refractivity contribution in [3.05, 3.63) is 74.4 Å². The number of anilines is 1. The van der Waals surface area contributed by atoms with Gasteiger partial charge in [0.1, 0.15) is 16.3 Å². The molecule has 29 heavy (non-hydrogen) atoms. The number of ketones is 2. The van der Waals surface area contributed by atoms with Crippen molar-refractivity contribution in [2.75, 3.05) is 4.90 Å². The topological polar surface area (TPSA) is 63.7 Å². The highest BCUT2D eigenvalue weighted by Crippen LogP contribution is 2.36. The third kappa shape index (κ3) is 4.17. The normalized spacial score (nSPS) is 14.0. The molecule has 1 amide bonds. The van der Waals surface area contributed by atoms with Crippen LogP contribution in [0.2, 0.25) is 10.0 Å². The van der Waals surface area contributed by atoms with Crippen LogP contribution in [-0.4, -0.2) is 23.3 Å². The van der Waals surface area contributed by atoms with Gasteiger partial charge < -0.3 is 4.74 Å². The molecule has 0 fully saturated rings. The monoisotopic (exact) mass is 451 g/mol. The smallest absolute Gasteiger partial charge is 0.419 e. The van der Waals surface area contributed by atoms with Crippen LogP contribution in [0.15, 0.2) is 53.2 Å². The second-order valence-corrected chi connectivity index (χ2v) is 8.47. The Labute approximate surface area is 182 Å². The van der Waals surface area contributed by atoms with E-state index in [1.54, 1.807) is 32.9 Å². The van der Waals surface area contributed by atoms with E-state index < -0.39 is 23.3 Å². The van der Waals surface area contributed by atoms with E-state index in [2.05, 4.69) is 0 Å². The fourth-order valence-corrected chi connectivity index (χ4v) is 3.35. The average Bonchev–Trinajstić information content (AvgIpc) is 2.64. The summed E-state index contributed by atoms with van der Waals surface area (Å²) in [5.74, 6) is -1.15. The first-order valence-corrected chi connectivity index (χ1v) is 9.71. The van der Waals surface area contributed by atoms with Crippen LogP contribution in [-0.2, 0) is 4.74 Å². The summed E-state index contributed by atoms with van der Waals surface area (Å²) < 4.78 is 5.45. The molecule has 1 aliphatic rings. The number of rotatable bonds is 2. The Bertz CT molecular complexity index is 1070. The third-order valence-corrected chi connectivity index (χ3v) is 5.09. The van der Waals surface area contributed by atoms with E-state index in [0.29, 0.717) is 0 Å². The Morgan fingerprint density at radius 1 is 0.897 bits per heavy atom. The predicted molar refractivity (Wildman–Crippen MR) is 113 cm³/mol. The van der Waals surface area contributed by atoms with E-state index in [1.807, 2.05) is 0 Å². The Balaban J connectivity index is 2.21. The molecule has 0 saturated heterocycles. The number of nitrogens with zero attached hydrogens (tertiary/aromatic N) is 1. The number of hydrogen-bond donors (Lipinski definition) is 0. The molecule has 0 heterocycles. The predicted octanol–water partition coefficient (Wildman–Crippen LogP) is 6.26. The number of ether oxygens (including phenoxy) is 1. The van der Waals surface area contributed by atoms with Gasteiger partial charge in [0.2, 0.25) is 11.6 Å². The van der Waals surface area contributed by atoms with Crippen LogP contribution >= 0.6 is 34.8 Å². The Kier molecular flexibility index (Phi) is 5.77. The molecule has 0 aromatic heterocycles. The minimum atomic E-state index is -0.885. The van der Waals surface area contributed by atoms with Crippen molar-refractivity contribution in [3.8, 4) is 0 Å². The number of fused-ring (bicyclic) bond motifs is 1. The number of amides is 1. The van der Waals surface area contributed by atoms with Gasteiger partial charge in [0.15, 0.2) is 0 Å². The van der Waals surface area contributed by atoms with E-state index >= 15 is 0 Å². The molecular formula is C21H16Cl3NO4. The summed E-state index contributed by atoms with van der Waals surface area (Å²) in [6.45, 7) is 5.03. The lowest BCUT2D eigenvalue weighted by atomic mass is 9.91. The van der Waals surface area contributed by atoms with Gasteiger partial charge in [0.25, 0.3) is 0 Å². The van der Waals surface area contributed by atoms with Gasteiger partial charge in [0, 0.05) is 11.1 Å². The van der Waals surface area contributed by atoms with Crippen molar-refractivity contribution >= 4 is 58.1 Å². The maximum Gasteiger partial charge on any atom is 0.419 e. The highest BCUT2D eigenvalue weighted by atomic mass is 35.5. The van der Waals surface area contributed by atoms with E-state index in [-0.39, 0.29) is 37.6 Å². The molecule has 0 unspecified atom stereocenters. The molecule has 3 rings (SSSR count). The second-order valence-electron chi connectivity index (χ2n) is 7.28. The maximum absolute atomic E-state index is 13.2. The number of hydrogen-bond acceptors (Lipinski definition) is 4. The lowest BCUT2D eigenvalue weighted by Crippen LogP contribution is -2.41. The highest BCUT2D eigenvalue weighted by molar-refractivity contribution is 6.50. The molecule has 150 valence electrons. The van der Waals surface area contributed by atoms with Crippen molar-refractivity contribution < 1.29 is 19.1 Å². The lowest BCUT2D eigenvalue weighted by molar-refractivity contribution is 0.0586. The first-order chi connectivity index (χ1) is 13.5. The van der Waals surface area contributed by atoms with Gasteiger partial charge in [-0.2, -0.15) is 0 Å². The van der Waals surface area contributed by atoms with Crippen molar-refractivity contribution in [1.29, 1.82) is 0 Å². The van der Waals surface area contributed by atoms with Gasteiger partial charge in [0.05, 0.1) is 15.7 Å². The minimum Gasteiger partial charge on any atom is -0.443 e. The number of carbonyl (C=O) groups excluding carboxylic acids is 3. The molecule has 5 nitrogen and oxygen atoms in total. The number of Topliss-reactive ketones (excluding diaryl/α,β-unsaturated/α-hetero) is 2. The Morgan fingerprint density at radius 2 is 1.48 bits per heavy atom. The first-order valence-electron chi connectivity index (χ1n) is 8.57. The standard InChI is InChI=1S/C21H16Cl3NO4/c1-21(2,3)29-20(28)25(11-8-9-14(22)15(23)10-11)17-16(24)18(26)12-6-4-5-7-13(12)19(17)27/h4-10H,1-3H3. The average molecular weight is 453 g/mol. The zero-order valence-electron chi connectivity index (χ0n) is 15.8. The van der Waals surface area contributed by atoms with Crippen molar-refractivity contribution in [2.24, 2.45) is 0 Å². The summed E-state index contributed by atoms with van der Waals surface area (Å²) in [4.78, 5) is 40.0. The summed E-state index contributed by atoms with van der Waals surface area (Å²) in [7, 11) is 0. The molecule has 0 spiro atoms. The summed E-state index contributed by atoms with van der Waals surface area (Å²) in [5, 5.41) is 0.0334. The van der Waals surface area contributed by atoms with Crippen molar-refractivity contribution in [2.45, 2.75) is 26.4 Å². The van der Waals surface area contributed by atoms with Gasteiger partial charge >= 0.3 is 6.09 Å². The van der Waals surface area contributed by atoms with Gasteiger partial charge in [-0.25, -0.2) is 9.69 Å². The van der Waals surface area contributed by atoms with Crippen LogP contribution in [0.3, 0.4) is 0 Å². The molecule has 0 radical (unpaired) electrons. The van der Waals surface area contributed by atoms with E-state index in [1.165, 1.54) is 30.3 Å². The number of carbonyl (C=O) groups is 3. The van der Waals surface area contributed by atoms with Crippen LogP contribution < -0.4 is 4.90 Å². The number of halogens is 3. The van der Waals surface area contributed by atoms with Gasteiger partial charge in [-0.3, -0.25) is 9.59 Å². The van der Waals surface area contributed by atoms with Crippen LogP contribution in [0.1, 0.15) is 41.5 Å². The molecule has 2 aromatic carbocycles. The number of benzene rings is 2. The molecule has 0 N–H and O–H groups in total. The fraction of sp³-hybridized carbons (Fsp3) is 0.190. The molecule has 0 atom stereocenters. The lowest BCUT2D eigenvalue weighted by Gasteiger charge is -2.30. The molecular weight excluding hydrogens is 437 g/mol. The largest absolute Gasteiger partial charge is 0.443 e. The first kappa shape index (κ1) is 21.4. The molecule has 2 aromatic rings. The molecule has 0 aliphatic heterocycles. The molecule has 1 aliphatic carbocycles. The zero-order valence-corrected chi connectivity index (χ0v) is 18.0. The third-order valence-electron chi connectivity index (χ3n) is 4.00. The zero-order chi connectivity index (χ0) is 21.5. The summed E-state index contributed by atoms with van der Waals surface area (Å²) in [6, 6.07) is 10.6. The van der Waals surface area contributed by atoms with E-state index in [4.69, 9.17) is 39.5 Å². The summed E-state index contributed by atoms with van der Waals surface area (Å²) in [6.07, 6.45) is -0.885. The molecule has 8 heteroatoms. The quantitative estimate of drug-likeness (QED) is 0.539. The molecule has 0 saturated carbocycles. The number of allylic oxidation sites excluding steroid dienone is 2. The fourth-order valence-electron chi connectivity index (χ4n) is 2.79. The van der Waals surface area contributed by atoms with Crippen LogP contribution in [0.5, 0.6) is 0 Å². The summed E-state index contributed by atoms with van der Waals surface area (Å²) >= 11 is 18.4. The van der Waals surface area contributed by atoms with E-state index in [9.17, 15) is 14.4 Å². The van der Waals surface area contributed by atoms with Crippen molar-refractivity contribution in [1.82, 2.24) is 0 Å².